The second kappa shape index (κ2) is 6.77. The van der Waals surface area contributed by atoms with Gasteiger partial charge < -0.3 is 4.57 Å². The van der Waals surface area contributed by atoms with E-state index in [1.807, 2.05) is 42.1 Å². The molecule has 0 spiro atoms. The van der Waals surface area contributed by atoms with Gasteiger partial charge in [0.05, 0.1) is 6.54 Å². The molecule has 4 rings (SSSR count). The van der Waals surface area contributed by atoms with E-state index in [1.165, 1.54) is 30.3 Å². The van der Waals surface area contributed by atoms with Crippen molar-refractivity contribution >= 4 is 34.8 Å². The van der Waals surface area contributed by atoms with Gasteiger partial charge in [-0.2, -0.15) is 0 Å². The third kappa shape index (κ3) is 3.07. The molecule has 6 nitrogen and oxygen atoms in total. The Morgan fingerprint density at radius 3 is 2.50 bits per heavy atom. The monoisotopic (exact) mass is 377 g/mol. The molecule has 1 aliphatic heterocycles. The number of nitrogens with zero attached hydrogens (tertiary/aromatic N) is 2. The number of carbonyl (C=O) groups excluding carboxylic acids is 3. The van der Waals surface area contributed by atoms with Gasteiger partial charge in [-0.25, -0.2) is 9.18 Å². The molecule has 28 heavy (non-hydrogen) atoms. The highest BCUT2D eigenvalue weighted by Gasteiger charge is 2.35. The lowest BCUT2D eigenvalue weighted by atomic mass is 10.1. The first-order chi connectivity index (χ1) is 13.4. The number of hydrogen-bond donors (Lipinski definition) is 1. The first kappa shape index (κ1) is 17.7. The van der Waals surface area contributed by atoms with E-state index in [2.05, 4.69) is 5.32 Å². The van der Waals surface area contributed by atoms with Crippen LogP contribution in [-0.2, 0) is 23.2 Å². The van der Waals surface area contributed by atoms with Crippen LogP contribution >= 0.6 is 0 Å². The Kier molecular flexibility index (Phi) is 4.27. The van der Waals surface area contributed by atoms with E-state index in [9.17, 15) is 18.8 Å². The summed E-state index contributed by atoms with van der Waals surface area (Å²) in [5.74, 6) is -1.84. The number of urea groups is 1. The molecule has 7 heteroatoms. The predicted molar refractivity (Wildman–Crippen MR) is 101 cm³/mol. The zero-order valence-electron chi connectivity index (χ0n) is 15.0. The fraction of sp³-hybridized carbons (Fsp3) is 0.0952. The number of nitrogens with one attached hydrogen (secondary N) is 1. The summed E-state index contributed by atoms with van der Waals surface area (Å²) >= 11 is 0. The minimum absolute atomic E-state index is 0.0644. The van der Waals surface area contributed by atoms with Crippen LogP contribution in [0.4, 0.5) is 9.18 Å². The van der Waals surface area contributed by atoms with Crippen molar-refractivity contribution in [3.63, 3.8) is 0 Å². The molecule has 0 radical (unpaired) electrons. The van der Waals surface area contributed by atoms with E-state index in [0.717, 1.165) is 15.8 Å². The van der Waals surface area contributed by atoms with Gasteiger partial charge in [0.15, 0.2) is 0 Å². The Labute approximate surface area is 159 Å². The molecule has 140 valence electrons. The van der Waals surface area contributed by atoms with Gasteiger partial charge in [0.2, 0.25) is 0 Å². The average molecular weight is 377 g/mol. The van der Waals surface area contributed by atoms with Gasteiger partial charge in [0.1, 0.15) is 11.4 Å². The summed E-state index contributed by atoms with van der Waals surface area (Å²) < 4.78 is 15.0. The number of barbiturate groups is 1. The SMILES string of the molecule is Cn1cc(/C=C2/C(=O)NC(=O)N(Cc3ccc(F)cc3)C2=O)c2ccccc21. The van der Waals surface area contributed by atoms with Crippen LogP contribution in [0.5, 0.6) is 0 Å². The molecule has 2 heterocycles. The molecule has 0 aliphatic carbocycles. The van der Waals surface area contributed by atoms with Gasteiger partial charge in [-0.05, 0) is 29.8 Å². The number of para-hydroxylation sites is 1. The van der Waals surface area contributed by atoms with E-state index in [1.54, 1.807) is 0 Å². The number of carbonyl (C=O) groups is 3. The molecule has 1 aromatic heterocycles. The summed E-state index contributed by atoms with van der Waals surface area (Å²) in [4.78, 5) is 38.3. The molecule has 2 aromatic carbocycles. The highest BCUT2D eigenvalue weighted by molar-refractivity contribution is 6.31. The summed E-state index contributed by atoms with van der Waals surface area (Å²) in [6, 6.07) is 12.3. The standard InChI is InChI=1S/C21H16FN3O3/c1-24-12-14(16-4-2-3-5-18(16)24)10-17-19(26)23-21(28)25(20(17)27)11-13-6-8-15(22)9-7-13/h2-10,12H,11H2,1H3,(H,23,26,28)/b17-10-. The second-order valence-corrected chi connectivity index (χ2v) is 6.55. The average Bonchev–Trinajstić information content (AvgIpc) is 3.00. The lowest BCUT2D eigenvalue weighted by Gasteiger charge is -2.26. The molecule has 1 saturated heterocycles. The van der Waals surface area contributed by atoms with Crippen LogP contribution in [0.3, 0.4) is 0 Å². The topological polar surface area (TPSA) is 71.4 Å². The zero-order valence-corrected chi connectivity index (χ0v) is 15.0. The Hall–Kier alpha value is -3.74. The summed E-state index contributed by atoms with van der Waals surface area (Å²) in [6.07, 6.45) is 3.31. The Morgan fingerprint density at radius 2 is 1.75 bits per heavy atom. The molecule has 1 N–H and O–H groups in total. The lowest BCUT2D eigenvalue weighted by molar-refractivity contribution is -0.130. The number of halogens is 1. The Morgan fingerprint density at radius 1 is 1.04 bits per heavy atom. The second-order valence-electron chi connectivity index (χ2n) is 6.55. The van der Waals surface area contributed by atoms with Gasteiger partial charge in [0.25, 0.3) is 11.8 Å². The fourth-order valence-electron chi connectivity index (χ4n) is 3.25. The van der Waals surface area contributed by atoms with E-state index in [4.69, 9.17) is 0 Å². The molecule has 0 atom stereocenters. The minimum atomic E-state index is -0.797. The minimum Gasteiger partial charge on any atom is -0.350 e. The van der Waals surface area contributed by atoms with Gasteiger partial charge in [0, 0.05) is 29.7 Å². The van der Waals surface area contributed by atoms with E-state index >= 15 is 0 Å². The molecular formula is C21H16FN3O3. The van der Waals surface area contributed by atoms with Crippen LogP contribution in [0, 0.1) is 5.82 Å². The quantitative estimate of drug-likeness (QED) is 0.563. The predicted octanol–water partition coefficient (Wildman–Crippen LogP) is 2.98. The van der Waals surface area contributed by atoms with Crippen molar-refractivity contribution < 1.29 is 18.8 Å². The molecule has 4 amide bonds. The summed E-state index contributed by atoms with van der Waals surface area (Å²) in [5.41, 5.74) is 2.10. The largest absolute Gasteiger partial charge is 0.350 e. The number of amides is 4. The van der Waals surface area contributed by atoms with Crippen LogP contribution in [0.25, 0.3) is 17.0 Å². The van der Waals surface area contributed by atoms with Crippen LogP contribution in [0.2, 0.25) is 0 Å². The Bertz CT molecular complexity index is 1150. The third-order valence-electron chi connectivity index (χ3n) is 4.67. The molecule has 0 bridgehead atoms. The van der Waals surface area contributed by atoms with Crippen LogP contribution in [0.1, 0.15) is 11.1 Å². The maximum Gasteiger partial charge on any atom is 0.331 e. The van der Waals surface area contributed by atoms with Crippen molar-refractivity contribution in [3.05, 3.63) is 77.2 Å². The van der Waals surface area contributed by atoms with Gasteiger partial charge in [-0.3, -0.25) is 19.8 Å². The van der Waals surface area contributed by atoms with Gasteiger partial charge >= 0.3 is 6.03 Å². The Balaban J connectivity index is 1.70. The molecular weight excluding hydrogens is 361 g/mol. The first-order valence-electron chi connectivity index (χ1n) is 8.61. The number of aromatic nitrogens is 1. The van der Waals surface area contributed by atoms with Gasteiger partial charge in [-0.15, -0.1) is 0 Å². The number of imide groups is 2. The third-order valence-corrected chi connectivity index (χ3v) is 4.67. The highest BCUT2D eigenvalue weighted by Crippen LogP contribution is 2.24. The van der Waals surface area contributed by atoms with Crippen LogP contribution in [0.15, 0.2) is 60.3 Å². The number of aryl methyl sites for hydroxylation is 1. The van der Waals surface area contributed by atoms with Crippen molar-refractivity contribution in [1.29, 1.82) is 0 Å². The molecule has 0 saturated carbocycles. The summed E-state index contributed by atoms with van der Waals surface area (Å²) in [6.45, 7) is -0.0644. The van der Waals surface area contributed by atoms with E-state index in [-0.39, 0.29) is 12.1 Å². The maximum absolute atomic E-state index is 13.1. The lowest BCUT2D eigenvalue weighted by Crippen LogP contribution is -2.53. The normalized spacial score (nSPS) is 16.1. The maximum atomic E-state index is 13.1. The molecule has 0 unspecified atom stereocenters. The molecule has 1 fully saturated rings. The van der Waals surface area contributed by atoms with Crippen molar-refractivity contribution in [2.75, 3.05) is 0 Å². The number of benzene rings is 2. The number of hydrogen-bond acceptors (Lipinski definition) is 3. The smallest absolute Gasteiger partial charge is 0.331 e. The van der Waals surface area contributed by atoms with Gasteiger partial charge in [-0.1, -0.05) is 30.3 Å². The van der Waals surface area contributed by atoms with Crippen LogP contribution in [-0.4, -0.2) is 27.3 Å². The van der Waals surface area contributed by atoms with Crippen molar-refractivity contribution in [2.24, 2.45) is 7.05 Å². The van der Waals surface area contributed by atoms with Crippen molar-refractivity contribution in [3.8, 4) is 0 Å². The van der Waals surface area contributed by atoms with Crippen molar-refractivity contribution in [1.82, 2.24) is 14.8 Å². The number of rotatable bonds is 3. The molecule has 1 aliphatic rings. The van der Waals surface area contributed by atoms with E-state index < -0.39 is 23.7 Å². The van der Waals surface area contributed by atoms with Crippen LogP contribution < -0.4 is 5.32 Å². The number of fused-ring (bicyclic) bond motifs is 1. The zero-order chi connectivity index (χ0) is 19.8. The van der Waals surface area contributed by atoms with E-state index in [0.29, 0.717) is 11.1 Å². The van der Waals surface area contributed by atoms with Crippen molar-refractivity contribution in [2.45, 2.75) is 6.54 Å². The summed E-state index contributed by atoms with van der Waals surface area (Å²) in [5, 5.41) is 3.08. The summed E-state index contributed by atoms with van der Waals surface area (Å²) in [7, 11) is 1.87. The highest BCUT2D eigenvalue weighted by atomic mass is 19.1. The molecule has 3 aromatic rings. The fourth-order valence-corrected chi connectivity index (χ4v) is 3.25. The first-order valence-corrected chi connectivity index (χ1v) is 8.61.